The molecule has 16 heteroatoms. The van der Waals surface area contributed by atoms with Gasteiger partial charge < -0.3 is 44.8 Å². The van der Waals surface area contributed by atoms with Crippen molar-refractivity contribution >= 4 is 57.8 Å². The maximum absolute atomic E-state index is 13.3. The number of amides is 2. The third-order valence-electron chi connectivity index (χ3n) is 12.0. The number of carboxylic acids is 1. The van der Waals surface area contributed by atoms with Crippen molar-refractivity contribution in [2.75, 3.05) is 37.8 Å². The summed E-state index contributed by atoms with van der Waals surface area (Å²) in [6, 6.07) is 37.6. The Morgan fingerprint density at radius 3 is 1.82 bits per heavy atom. The molecule has 4 N–H and O–H groups in total. The van der Waals surface area contributed by atoms with E-state index in [-0.39, 0.29) is 24.6 Å². The van der Waals surface area contributed by atoms with E-state index in [1.165, 1.54) is 79.8 Å². The first-order valence-electron chi connectivity index (χ1n) is 24.5. The molecular weight excluding hydrogens is 935 g/mol. The number of carbonyl (C=O) groups excluding carboxylic acids is 3. The van der Waals surface area contributed by atoms with E-state index in [4.69, 9.17) is 19.1 Å². The maximum atomic E-state index is 13.3. The predicted molar refractivity (Wildman–Crippen MR) is 275 cm³/mol. The number of halogens is 3. The second kappa shape index (κ2) is 30.7. The standard InChI is InChI=1S/C53H68N3O7P.C2HF3O2/c1-3-4-5-6-7-8-9-10-11-12-13-14-24-32-49(58)48(40-57)55-53(61)62-41-42-37-52(60)63-50-38-43(33-34-47(42)50)56(2)39-51(59)54-35-25-36-64(44-26-18-15-19-27-44,45-28-20-16-21-29-45)46-30-22-17-23-31-46;3-2(4,5)1(6)7/h15-24,26-34,37-38,48-49,57-58H,3-14,25,35-36,39-41H2,1-2H3,(H-,54,55,59,61);(H,6,7)/b32-24+;/t48-,49+;/m1./s1. The number of carboxylic acid groups (broad SMARTS) is 1. The molecule has 0 aliphatic rings. The second-order valence-corrected chi connectivity index (χ2v) is 21.0. The molecule has 0 saturated carbocycles. The molecule has 0 unspecified atom stereocenters. The summed E-state index contributed by atoms with van der Waals surface area (Å²) in [6.45, 7) is 2.12. The highest BCUT2D eigenvalue weighted by Crippen LogP contribution is 2.55. The normalized spacial score (nSPS) is 12.4. The molecule has 0 aliphatic carbocycles. The molecule has 384 valence electrons. The van der Waals surface area contributed by atoms with Crippen LogP contribution in [0.15, 0.2) is 137 Å². The van der Waals surface area contributed by atoms with Gasteiger partial charge in [-0.05, 0) is 67.8 Å². The molecule has 2 amide bonds. The Bertz CT molecular complexity index is 2340. The van der Waals surface area contributed by atoms with Gasteiger partial charge in [0.2, 0.25) is 5.91 Å². The molecule has 1 heterocycles. The Morgan fingerprint density at radius 1 is 0.789 bits per heavy atom. The van der Waals surface area contributed by atoms with Gasteiger partial charge in [-0.15, -0.1) is 0 Å². The number of aliphatic hydroxyl groups is 2. The molecule has 12 nitrogen and oxygen atoms in total. The van der Waals surface area contributed by atoms with E-state index >= 15 is 0 Å². The first-order chi connectivity index (χ1) is 34.2. The van der Waals surface area contributed by atoms with Crippen LogP contribution in [-0.2, 0) is 20.9 Å². The van der Waals surface area contributed by atoms with Crippen LogP contribution < -0.4 is 42.2 Å². The van der Waals surface area contributed by atoms with Crippen molar-refractivity contribution in [2.45, 2.75) is 115 Å². The number of hydrogen-bond acceptors (Lipinski definition) is 10. The third kappa shape index (κ3) is 19.3. The number of anilines is 1. The van der Waals surface area contributed by atoms with Crippen LogP contribution in [0.3, 0.4) is 0 Å². The van der Waals surface area contributed by atoms with Crippen LogP contribution in [0.5, 0.6) is 0 Å². The van der Waals surface area contributed by atoms with Crippen LogP contribution in [0.1, 0.15) is 96.0 Å². The summed E-state index contributed by atoms with van der Waals surface area (Å²) in [5.41, 5.74) is 0.767. The van der Waals surface area contributed by atoms with Gasteiger partial charge in [-0.2, -0.15) is 13.2 Å². The Kier molecular flexibility index (Phi) is 24.9. The zero-order valence-electron chi connectivity index (χ0n) is 40.8. The van der Waals surface area contributed by atoms with Gasteiger partial charge in [-0.1, -0.05) is 138 Å². The summed E-state index contributed by atoms with van der Waals surface area (Å²) in [4.78, 5) is 49.2. The minimum Gasteiger partial charge on any atom is -0.542 e. The van der Waals surface area contributed by atoms with Crippen molar-refractivity contribution < 1.29 is 52.0 Å². The lowest BCUT2D eigenvalue weighted by Crippen LogP contribution is -2.45. The molecule has 71 heavy (non-hydrogen) atoms. The number of aliphatic carboxylic acids is 1. The number of aliphatic hydroxyl groups excluding tert-OH is 2. The minimum atomic E-state index is -5.19. The molecule has 0 aliphatic heterocycles. The van der Waals surface area contributed by atoms with Gasteiger partial charge in [0.05, 0.1) is 31.5 Å². The number of rotatable bonds is 28. The molecule has 1 aromatic heterocycles. The number of hydrogen-bond donors (Lipinski definition) is 4. The number of ether oxygens (including phenoxy) is 1. The number of benzene rings is 4. The van der Waals surface area contributed by atoms with E-state index < -0.39 is 49.9 Å². The molecule has 0 fully saturated rings. The van der Waals surface area contributed by atoms with Gasteiger partial charge in [0, 0.05) is 42.4 Å². The van der Waals surface area contributed by atoms with Crippen LogP contribution in [-0.4, -0.2) is 79.4 Å². The summed E-state index contributed by atoms with van der Waals surface area (Å²) in [6.07, 6.45) is 12.7. The highest BCUT2D eigenvalue weighted by molar-refractivity contribution is 7.95. The average Bonchev–Trinajstić information content (AvgIpc) is 3.36. The van der Waals surface area contributed by atoms with Gasteiger partial charge >= 0.3 is 17.9 Å². The van der Waals surface area contributed by atoms with Crippen LogP contribution >= 0.6 is 7.26 Å². The van der Waals surface area contributed by atoms with Crippen LogP contribution in [0, 0.1) is 0 Å². The fourth-order valence-electron chi connectivity index (χ4n) is 8.24. The van der Waals surface area contributed by atoms with E-state index in [1.807, 2.05) is 30.3 Å². The average molecular weight is 1000 g/mol. The Hall–Kier alpha value is -6.02. The van der Waals surface area contributed by atoms with E-state index in [2.05, 4.69) is 90.4 Å². The lowest BCUT2D eigenvalue weighted by atomic mass is 10.0. The lowest BCUT2D eigenvalue weighted by molar-refractivity contribution is -0.344. The van der Waals surface area contributed by atoms with Gasteiger partial charge in [-0.3, -0.25) is 4.79 Å². The maximum Gasteiger partial charge on any atom is 0.430 e. The first kappa shape index (κ1) is 57.6. The Labute approximate surface area is 415 Å². The number of carbonyl (C=O) groups is 3. The lowest BCUT2D eigenvalue weighted by Gasteiger charge is -2.28. The van der Waals surface area contributed by atoms with Crippen molar-refractivity contribution in [3.05, 3.63) is 143 Å². The highest BCUT2D eigenvalue weighted by atomic mass is 31.2. The van der Waals surface area contributed by atoms with Crippen LogP contribution in [0.2, 0.25) is 0 Å². The van der Waals surface area contributed by atoms with Crippen molar-refractivity contribution in [3.63, 3.8) is 0 Å². The van der Waals surface area contributed by atoms with E-state index in [0.717, 1.165) is 31.8 Å². The molecule has 0 spiro atoms. The van der Waals surface area contributed by atoms with E-state index in [1.54, 1.807) is 30.2 Å². The summed E-state index contributed by atoms with van der Waals surface area (Å²) < 4.78 is 42.5. The molecule has 0 bridgehead atoms. The number of fused-ring (bicyclic) bond motifs is 1. The molecule has 4 aromatic carbocycles. The quantitative estimate of drug-likeness (QED) is 0.0165. The van der Waals surface area contributed by atoms with Crippen molar-refractivity contribution in [1.29, 1.82) is 0 Å². The zero-order chi connectivity index (χ0) is 51.5. The number of alkyl halides is 3. The van der Waals surface area contributed by atoms with Crippen molar-refractivity contribution in [2.24, 2.45) is 0 Å². The number of likely N-dealkylation sites (N-methyl/N-ethyl adjacent to an activating group) is 1. The van der Waals surface area contributed by atoms with E-state index in [9.17, 15) is 37.8 Å². The Balaban J connectivity index is 0.00000145. The van der Waals surface area contributed by atoms with Gasteiger partial charge in [0.15, 0.2) is 0 Å². The smallest absolute Gasteiger partial charge is 0.430 e. The Morgan fingerprint density at radius 2 is 1.31 bits per heavy atom. The largest absolute Gasteiger partial charge is 0.542 e. The molecule has 5 aromatic rings. The number of allylic oxidation sites excluding steroid dienone is 1. The monoisotopic (exact) mass is 1000 g/mol. The molecule has 5 rings (SSSR count). The number of nitrogens with zero attached hydrogens (tertiary/aromatic N) is 1. The third-order valence-corrected chi connectivity index (χ3v) is 16.6. The SMILES string of the molecule is CCCCCCCCCCCCC/C=C/[C@H](O)[C@@H](CO)NC(=O)OCc1cc(=O)oc2cc(N(C)CC(=O)NCCC[P+](c3ccccc3)(c3ccccc3)c3ccccc3)ccc12.O=C([O-])C(F)(F)F. The van der Waals surface area contributed by atoms with Crippen LogP contribution in [0.4, 0.5) is 23.7 Å². The van der Waals surface area contributed by atoms with Crippen molar-refractivity contribution in [1.82, 2.24) is 10.6 Å². The number of unbranched alkanes of at least 4 members (excludes halogenated alkanes) is 11. The first-order valence-corrected chi connectivity index (χ1v) is 26.4. The van der Waals surface area contributed by atoms with Crippen LogP contribution in [0.25, 0.3) is 11.0 Å². The molecule has 2 atom stereocenters. The molecular formula is C55H69F3N3O9P. The number of alkyl carbamates (subject to hydrolysis) is 1. The molecule has 0 saturated heterocycles. The summed E-state index contributed by atoms with van der Waals surface area (Å²) in [7, 11) is -0.209. The van der Waals surface area contributed by atoms with Gasteiger partial charge in [0.1, 0.15) is 41.3 Å². The van der Waals surface area contributed by atoms with Gasteiger partial charge in [-0.25, -0.2) is 9.59 Å². The topological polar surface area (TPSA) is 181 Å². The summed E-state index contributed by atoms with van der Waals surface area (Å²) >= 11 is 0. The fraction of sp³-hybridized carbons (Fsp3) is 0.418. The van der Waals surface area contributed by atoms with Gasteiger partial charge in [0.25, 0.3) is 0 Å². The van der Waals surface area contributed by atoms with E-state index in [0.29, 0.717) is 23.2 Å². The van der Waals surface area contributed by atoms with Crippen molar-refractivity contribution in [3.8, 4) is 0 Å². The second-order valence-electron chi connectivity index (χ2n) is 17.4. The summed E-state index contributed by atoms with van der Waals surface area (Å²) in [5.74, 6) is -3.14. The predicted octanol–water partition coefficient (Wildman–Crippen LogP) is 8.23. The minimum absolute atomic E-state index is 0.0848. The summed E-state index contributed by atoms with van der Waals surface area (Å²) in [5, 5.41) is 39.4. The highest BCUT2D eigenvalue weighted by Gasteiger charge is 2.44. The number of nitrogens with one attached hydrogen (secondary N) is 2. The zero-order valence-corrected chi connectivity index (χ0v) is 41.7. The fourth-order valence-corrected chi connectivity index (χ4v) is 12.6. The molecule has 0 radical (unpaired) electrons.